The van der Waals surface area contributed by atoms with Crippen LogP contribution in [0.15, 0.2) is 0 Å². The molecule has 1 aliphatic carbocycles. The number of rotatable bonds is 3. The molecule has 2 fully saturated rings. The summed E-state index contributed by atoms with van der Waals surface area (Å²) in [6.45, 7) is 0.525. The Labute approximate surface area is 84.4 Å². The minimum Gasteiger partial charge on any atom is -0.364 e. The lowest BCUT2D eigenvalue weighted by Crippen LogP contribution is -2.38. The first-order valence-electron chi connectivity index (χ1n) is 5.34. The quantitative estimate of drug-likeness (QED) is 0.700. The molecule has 0 radical (unpaired) electrons. The van der Waals surface area contributed by atoms with E-state index in [1.54, 1.807) is 0 Å². The lowest BCUT2D eigenvalue weighted by molar-refractivity contribution is -0.141. The molecule has 1 amide bonds. The van der Waals surface area contributed by atoms with Gasteiger partial charge in [0.2, 0.25) is 0 Å². The third-order valence-electron chi connectivity index (χ3n) is 3.09. The highest BCUT2D eigenvalue weighted by Crippen LogP contribution is 2.28. The largest absolute Gasteiger partial charge is 0.364 e. The summed E-state index contributed by atoms with van der Waals surface area (Å²) in [4.78, 5) is 13.7. The van der Waals surface area contributed by atoms with Gasteiger partial charge in [-0.2, -0.15) is 0 Å². The summed E-state index contributed by atoms with van der Waals surface area (Å²) in [6, 6.07) is 0.475. The molecule has 2 atom stereocenters. The van der Waals surface area contributed by atoms with Crippen molar-refractivity contribution in [2.24, 2.45) is 5.73 Å². The van der Waals surface area contributed by atoms with Gasteiger partial charge in [-0.25, -0.2) is 0 Å². The monoisotopic (exact) mass is 198 g/mol. The average molecular weight is 198 g/mol. The molecule has 1 heterocycles. The van der Waals surface area contributed by atoms with Crippen LogP contribution in [0.3, 0.4) is 0 Å². The van der Waals surface area contributed by atoms with Crippen LogP contribution in [-0.2, 0) is 9.53 Å². The molecule has 0 aromatic rings. The topological polar surface area (TPSA) is 55.6 Å². The average Bonchev–Trinajstić information content (AvgIpc) is 2.94. The summed E-state index contributed by atoms with van der Waals surface area (Å²) in [5.74, 6) is 0.142. The van der Waals surface area contributed by atoms with Gasteiger partial charge < -0.3 is 15.4 Å². The van der Waals surface area contributed by atoms with E-state index in [1.807, 2.05) is 11.9 Å². The fourth-order valence-electron chi connectivity index (χ4n) is 1.93. The van der Waals surface area contributed by atoms with Crippen LogP contribution >= 0.6 is 0 Å². The maximum atomic E-state index is 11.8. The van der Waals surface area contributed by atoms with Crippen LogP contribution < -0.4 is 5.73 Å². The second-order valence-electron chi connectivity index (χ2n) is 4.24. The fraction of sp³-hybridized carbons (Fsp3) is 0.900. The van der Waals surface area contributed by atoms with Crippen LogP contribution in [0.2, 0.25) is 0 Å². The third kappa shape index (κ3) is 1.91. The van der Waals surface area contributed by atoms with Gasteiger partial charge >= 0.3 is 0 Å². The molecule has 4 heteroatoms. The van der Waals surface area contributed by atoms with Gasteiger partial charge in [-0.15, -0.1) is 0 Å². The first kappa shape index (κ1) is 9.93. The fourth-order valence-corrected chi connectivity index (χ4v) is 1.93. The van der Waals surface area contributed by atoms with Crippen LogP contribution in [0, 0.1) is 0 Å². The molecule has 14 heavy (non-hydrogen) atoms. The number of carbonyl (C=O) groups excluding carboxylic acids is 1. The number of ether oxygens (including phenoxy) is 1. The van der Waals surface area contributed by atoms with Gasteiger partial charge in [0, 0.05) is 19.6 Å². The van der Waals surface area contributed by atoms with Crippen molar-refractivity contribution in [1.82, 2.24) is 4.90 Å². The van der Waals surface area contributed by atoms with E-state index < -0.39 is 0 Å². The molecule has 0 aromatic heterocycles. The van der Waals surface area contributed by atoms with Crippen LogP contribution in [0.1, 0.15) is 25.7 Å². The molecule has 0 spiro atoms. The number of amides is 1. The van der Waals surface area contributed by atoms with Crippen molar-refractivity contribution >= 4 is 5.91 Å². The molecular formula is C10H18N2O2. The van der Waals surface area contributed by atoms with Gasteiger partial charge in [0.1, 0.15) is 6.10 Å². The zero-order valence-electron chi connectivity index (χ0n) is 8.61. The molecule has 0 aromatic carbocycles. The van der Waals surface area contributed by atoms with E-state index in [2.05, 4.69) is 0 Å². The highest BCUT2D eigenvalue weighted by molar-refractivity contribution is 5.81. The standard InChI is InChI=1S/C10H18N2O2/c1-12(7-2-3-7)10(13)9-5-4-8(6-11)14-9/h7-9H,2-6,11H2,1H3. The van der Waals surface area contributed by atoms with Gasteiger partial charge in [-0.05, 0) is 25.7 Å². The van der Waals surface area contributed by atoms with E-state index in [9.17, 15) is 4.79 Å². The summed E-state index contributed by atoms with van der Waals surface area (Å²) in [7, 11) is 1.87. The van der Waals surface area contributed by atoms with E-state index in [4.69, 9.17) is 10.5 Å². The minimum absolute atomic E-state index is 0.0940. The van der Waals surface area contributed by atoms with Gasteiger partial charge in [0.15, 0.2) is 0 Å². The molecule has 2 N–H and O–H groups in total. The van der Waals surface area contributed by atoms with Crippen LogP contribution in [0.25, 0.3) is 0 Å². The third-order valence-corrected chi connectivity index (χ3v) is 3.09. The van der Waals surface area contributed by atoms with Crippen molar-refractivity contribution in [1.29, 1.82) is 0 Å². The minimum atomic E-state index is -0.228. The van der Waals surface area contributed by atoms with Crippen molar-refractivity contribution < 1.29 is 9.53 Å². The van der Waals surface area contributed by atoms with E-state index in [-0.39, 0.29) is 18.1 Å². The second-order valence-corrected chi connectivity index (χ2v) is 4.24. The molecule has 2 aliphatic rings. The smallest absolute Gasteiger partial charge is 0.251 e. The van der Waals surface area contributed by atoms with Crippen molar-refractivity contribution in [3.8, 4) is 0 Å². The zero-order chi connectivity index (χ0) is 10.1. The van der Waals surface area contributed by atoms with Gasteiger partial charge in [-0.3, -0.25) is 4.79 Å². The predicted molar refractivity (Wildman–Crippen MR) is 52.7 cm³/mol. The number of nitrogens with zero attached hydrogens (tertiary/aromatic N) is 1. The molecule has 1 saturated heterocycles. The lowest BCUT2D eigenvalue weighted by atomic mass is 10.2. The van der Waals surface area contributed by atoms with E-state index in [0.717, 1.165) is 25.7 Å². The van der Waals surface area contributed by atoms with Gasteiger partial charge in [0.25, 0.3) is 5.91 Å². The van der Waals surface area contributed by atoms with Gasteiger partial charge in [-0.1, -0.05) is 0 Å². The molecule has 2 rings (SSSR count). The number of hydrogen-bond donors (Lipinski definition) is 1. The maximum Gasteiger partial charge on any atom is 0.251 e. The summed E-state index contributed by atoms with van der Waals surface area (Å²) in [5, 5.41) is 0. The lowest BCUT2D eigenvalue weighted by Gasteiger charge is -2.20. The Bertz CT molecular complexity index is 228. The summed E-state index contributed by atoms with van der Waals surface area (Å²) in [6.07, 6.45) is 3.92. The Morgan fingerprint density at radius 1 is 1.43 bits per heavy atom. The number of carbonyl (C=O) groups is 1. The number of likely N-dealkylation sites (N-methyl/N-ethyl adjacent to an activating group) is 1. The van der Waals surface area contributed by atoms with Crippen molar-refractivity contribution in [2.75, 3.05) is 13.6 Å². The molecule has 1 aliphatic heterocycles. The van der Waals surface area contributed by atoms with Crippen molar-refractivity contribution in [2.45, 2.75) is 43.9 Å². The first-order valence-corrected chi connectivity index (χ1v) is 5.34. The summed E-state index contributed by atoms with van der Waals surface area (Å²) in [5.41, 5.74) is 5.49. The molecule has 1 saturated carbocycles. The van der Waals surface area contributed by atoms with E-state index >= 15 is 0 Å². The normalized spacial score (nSPS) is 31.9. The summed E-state index contributed by atoms with van der Waals surface area (Å²) < 4.78 is 5.56. The summed E-state index contributed by atoms with van der Waals surface area (Å²) >= 11 is 0. The van der Waals surface area contributed by atoms with Crippen LogP contribution in [0.5, 0.6) is 0 Å². The highest BCUT2D eigenvalue weighted by Gasteiger charge is 2.37. The van der Waals surface area contributed by atoms with E-state index in [0.29, 0.717) is 12.6 Å². The van der Waals surface area contributed by atoms with Crippen LogP contribution in [0.4, 0.5) is 0 Å². The number of hydrogen-bond acceptors (Lipinski definition) is 3. The van der Waals surface area contributed by atoms with E-state index in [1.165, 1.54) is 0 Å². The van der Waals surface area contributed by atoms with Crippen molar-refractivity contribution in [3.63, 3.8) is 0 Å². The highest BCUT2D eigenvalue weighted by atomic mass is 16.5. The Morgan fingerprint density at radius 3 is 2.64 bits per heavy atom. The second kappa shape index (κ2) is 3.87. The molecule has 4 nitrogen and oxygen atoms in total. The number of nitrogens with two attached hydrogens (primary N) is 1. The van der Waals surface area contributed by atoms with Crippen molar-refractivity contribution in [3.05, 3.63) is 0 Å². The SMILES string of the molecule is CN(C(=O)C1CCC(CN)O1)C1CC1. The Morgan fingerprint density at radius 2 is 2.14 bits per heavy atom. The van der Waals surface area contributed by atoms with Gasteiger partial charge in [0.05, 0.1) is 6.10 Å². The molecule has 0 bridgehead atoms. The predicted octanol–water partition coefficient (Wildman–Crippen LogP) is 0.113. The molecule has 80 valence electrons. The Kier molecular flexibility index (Phi) is 2.74. The molecular weight excluding hydrogens is 180 g/mol. The maximum absolute atomic E-state index is 11.8. The Hall–Kier alpha value is -0.610. The zero-order valence-corrected chi connectivity index (χ0v) is 8.61. The first-order chi connectivity index (χ1) is 6.72. The van der Waals surface area contributed by atoms with Crippen LogP contribution in [-0.4, -0.2) is 42.6 Å². The Balaban J connectivity index is 1.85. The molecule has 2 unspecified atom stereocenters.